The highest BCUT2D eigenvalue weighted by Crippen LogP contribution is 2.36. The van der Waals surface area contributed by atoms with E-state index in [2.05, 4.69) is 10.6 Å². The molecule has 0 radical (unpaired) electrons. The molecule has 0 unspecified atom stereocenters. The number of phenols is 2. The number of nitrogens with one attached hydrogen (secondary N) is 2. The van der Waals surface area contributed by atoms with Crippen molar-refractivity contribution in [3.05, 3.63) is 36.4 Å². The normalized spacial score (nSPS) is 10.4. The molecule has 0 aliphatic heterocycles. The van der Waals surface area contributed by atoms with Crippen LogP contribution in [-0.4, -0.2) is 59.6 Å². The first kappa shape index (κ1) is 19.4. The Morgan fingerprint density at radius 3 is 2.08 bits per heavy atom. The molecule has 2 rings (SSSR count). The third-order valence-electron chi connectivity index (χ3n) is 3.74. The first-order valence-electron chi connectivity index (χ1n) is 8.16. The molecule has 2 aromatic carbocycles. The quantitative estimate of drug-likeness (QED) is 0.212. The van der Waals surface area contributed by atoms with Crippen molar-refractivity contribution in [2.75, 3.05) is 48.4 Å². The molecular weight excluding hydrogens is 338 g/mol. The Kier molecular flexibility index (Phi) is 7.07. The first-order chi connectivity index (χ1) is 12.6. The summed E-state index contributed by atoms with van der Waals surface area (Å²) in [6, 6.07) is 9.91. The lowest BCUT2D eigenvalue weighted by molar-refractivity contribution is -0.106. The van der Waals surface area contributed by atoms with Gasteiger partial charge in [-0.05, 0) is 24.3 Å². The molecule has 2 aromatic rings. The molecule has 0 heterocycles. The maximum atomic E-state index is 10.4. The number of nitrogens with zero attached hydrogens (tertiary/aromatic N) is 1. The zero-order chi connectivity index (χ0) is 18.9. The molecule has 0 aromatic heterocycles. The number of hydrogen-bond donors (Lipinski definition) is 6. The molecule has 0 aliphatic rings. The lowest BCUT2D eigenvalue weighted by atomic mass is 10.2. The first-order valence-corrected chi connectivity index (χ1v) is 8.16. The highest BCUT2D eigenvalue weighted by atomic mass is 16.3. The molecule has 0 atom stereocenters. The molecule has 0 bridgehead atoms. The smallest absolute Gasteiger partial charge is 0.141 e. The summed E-state index contributed by atoms with van der Waals surface area (Å²) in [5.74, 6) is -0.178. The third kappa shape index (κ3) is 5.01. The summed E-state index contributed by atoms with van der Waals surface area (Å²) in [5, 5.41) is 43.9. The molecule has 0 fully saturated rings. The Hall–Kier alpha value is -2.97. The highest BCUT2D eigenvalue weighted by Gasteiger charge is 2.10. The van der Waals surface area contributed by atoms with Crippen molar-refractivity contribution in [3.8, 4) is 11.5 Å². The molecule has 0 aliphatic carbocycles. The van der Waals surface area contributed by atoms with E-state index in [0.717, 1.165) is 5.69 Å². The fourth-order valence-electron chi connectivity index (χ4n) is 2.49. The summed E-state index contributed by atoms with van der Waals surface area (Å²) >= 11 is 0. The molecule has 0 saturated heterocycles. The SMILES string of the molecule is O=CCNc1cc(O)c(Nc2ccc(N(CCO)CCO)cc2)cc1O. The van der Waals surface area contributed by atoms with Gasteiger partial charge in [0, 0.05) is 36.6 Å². The largest absolute Gasteiger partial charge is 0.506 e. The molecule has 8 nitrogen and oxygen atoms in total. The van der Waals surface area contributed by atoms with Crippen LogP contribution in [0.3, 0.4) is 0 Å². The van der Waals surface area contributed by atoms with Crippen molar-refractivity contribution in [2.45, 2.75) is 0 Å². The van der Waals surface area contributed by atoms with Gasteiger partial charge in [0.2, 0.25) is 0 Å². The van der Waals surface area contributed by atoms with Crippen molar-refractivity contribution >= 4 is 29.0 Å². The van der Waals surface area contributed by atoms with Crippen LogP contribution in [-0.2, 0) is 4.79 Å². The van der Waals surface area contributed by atoms with Gasteiger partial charge < -0.3 is 40.8 Å². The zero-order valence-electron chi connectivity index (χ0n) is 14.2. The second-order valence-electron chi connectivity index (χ2n) is 5.54. The van der Waals surface area contributed by atoms with Crippen LogP contribution in [0.15, 0.2) is 36.4 Å². The van der Waals surface area contributed by atoms with Gasteiger partial charge in [0.1, 0.15) is 17.8 Å². The number of carbonyl (C=O) groups excluding carboxylic acids is 1. The van der Waals surface area contributed by atoms with Crippen LogP contribution in [0.25, 0.3) is 0 Å². The van der Waals surface area contributed by atoms with Gasteiger partial charge in [-0.25, -0.2) is 0 Å². The minimum atomic E-state index is -0.0964. The third-order valence-corrected chi connectivity index (χ3v) is 3.74. The standard InChI is InChI=1S/C18H23N3O5/c22-8-5-19-15-11-18(26)16(12-17(15)25)20-13-1-3-14(4-2-13)21(6-9-23)7-10-24/h1-4,8,11-12,19-20,23-26H,5-7,9-10H2. The Bertz CT molecular complexity index is 716. The monoisotopic (exact) mass is 361 g/mol. The number of aromatic hydroxyl groups is 2. The van der Waals surface area contributed by atoms with Crippen LogP contribution in [0.4, 0.5) is 22.7 Å². The molecule has 140 valence electrons. The van der Waals surface area contributed by atoms with E-state index < -0.39 is 0 Å². The van der Waals surface area contributed by atoms with Crippen LogP contribution >= 0.6 is 0 Å². The number of phenolic OH excluding ortho intramolecular Hbond substituents is 2. The molecule has 0 spiro atoms. The van der Waals surface area contributed by atoms with Crippen LogP contribution in [0.5, 0.6) is 11.5 Å². The molecule has 0 amide bonds. The van der Waals surface area contributed by atoms with Crippen LogP contribution in [0, 0.1) is 0 Å². The van der Waals surface area contributed by atoms with E-state index in [9.17, 15) is 15.0 Å². The summed E-state index contributed by atoms with van der Waals surface area (Å²) in [7, 11) is 0. The Balaban J connectivity index is 2.13. The van der Waals surface area contributed by atoms with Crippen LogP contribution in [0.1, 0.15) is 0 Å². The van der Waals surface area contributed by atoms with Gasteiger partial charge in [-0.1, -0.05) is 0 Å². The lowest BCUT2D eigenvalue weighted by Gasteiger charge is -2.23. The van der Waals surface area contributed by atoms with Gasteiger partial charge in [0.25, 0.3) is 0 Å². The fraction of sp³-hybridized carbons (Fsp3) is 0.278. The van der Waals surface area contributed by atoms with Crippen LogP contribution < -0.4 is 15.5 Å². The summed E-state index contributed by atoms with van der Waals surface area (Å²) in [5.41, 5.74) is 2.11. The number of hydrogen-bond acceptors (Lipinski definition) is 8. The van der Waals surface area contributed by atoms with Gasteiger partial charge in [-0.3, -0.25) is 0 Å². The highest BCUT2D eigenvalue weighted by molar-refractivity contribution is 5.75. The summed E-state index contributed by atoms with van der Waals surface area (Å²) in [4.78, 5) is 12.2. The number of anilines is 4. The second kappa shape index (κ2) is 9.50. The number of aliphatic hydroxyl groups is 2. The number of benzene rings is 2. The number of aliphatic hydroxyl groups excluding tert-OH is 2. The van der Waals surface area contributed by atoms with Gasteiger partial charge >= 0.3 is 0 Å². The summed E-state index contributed by atoms with van der Waals surface area (Å²) in [6.07, 6.45) is 0.654. The predicted molar refractivity (Wildman–Crippen MR) is 100 cm³/mol. The number of carbonyl (C=O) groups is 1. The molecular formula is C18H23N3O5. The van der Waals surface area contributed by atoms with E-state index >= 15 is 0 Å². The Morgan fingerprint density at radius 1 is 0.923 bits per heavy atom. The van der Waals surface area contributed by atoms with Crippen molar-refractivity contribution in [1.82, 2.24) is 0 Å². The van der Waals surface area contributed by atoms with E-state index in [0.29, 0.717) is 30.8 Å². The van der Waals surface area contributed by atoms with Gasteiger partial charge in [-0.15, -0.1) is 0 Å². The number of aldehydes is 1. The number of rotatable bonds is 10. The van der Waals surface area contributed by atoms with Gasteiger partial charge in [0.15, 0.2) is 0 Å². The molecule has 6 N–H and O–H groups in total. The van der Waals surface area contributed by atoms with E-state index in [1.54, 1.807) is 12.1 Å². The summed E-state index contributed by atoms with van der Waals surface area (Å²) in [6.45, 7) is 0.823. The Labute approximate surface area is 151 Å². The van der Waals surface area contributed by atoms with Crippen molar-refractivity contribution in [2.24, 2.45) is 0 Å². The lowest BCUT2D eigenvalue weighted by Crippen LogP contribution is -2.29. The molecule has 0 saturated carbocycles. The molecule has 26 heavy (non-hydrogen) atoms. The van der Waals surface area contributed by atoms with Gasteiger partial charge in [0.05, 0.1) is 31.1 Å². The maximum Gasteiger partial charge on any atom is 0.141 e. The molecule has 8 heteroatoms. The van der Waals surface area contributed by atoms with Crippen LogP contribution in [0.2, 0.25) is 0 Å². The topological polar surface area (TPSA) is 125 Å². The second-order valence-corrected chi connectivity index (χ2v) is 5.54. The summed E-state index contributed by atoms with van der Waals surface area (Å²) < 4.78 is 0. The van der Waals surface area contributed by atoms with E-state index in [1.165, 1.54) is 12.1 Å². The van der Waals surface area contributed by atoms with Crippen molar-refractivity contribution < 1.29 is 25.2 Å². The minimum Gasteiger partial charge on any atom is -0.506 e. The zero-order valence-corrected chi connectivity index (χ0v) is 14.2. The van der Waals surface area contributed by atoms with E-state index in [-0.39, 0.29) is 36.9 Å². The van der Waals surface area contributed by atoms with E-state index in [1.807, 2.05) is 17.0 Å². The average Bonchev–Trinajstić information content (AvgIpc) is 2.64. The van der Waals surface area contributed by atoms with E-state index in [4.69, 9.17) is 10.2 Å². The Morgan fingerprint density at radius 2 is 1.50 bits per heavy atom. The van der Waals surface area contributed by atoms with Gasteiger partial charge in [-0.2, -0.15) is 0 Å². The van der Waals surface area contributed by atoms with Crippen molar-refractivity contribution in [1.29, 1.82) is 0 Å². The fourth-order valence-corrected chi connectivity index (χ4v) is 2.49. The maximum absolute atomic E-state index is 10.4. The van der Waals surface area contributed by atoms with Crippen molar-refractivity contribution in [3.63, 3.8) is 0 Å². The predicted octanol–water partition coefficient (Wildman–Crippen LogP) is 1.24. The minimum absolute atomic E-state index is 0.0162. The average molecular weight is 361 g/mol.